The van der Waals surface area contributed by atoms with Gasteiger partial charge in [-0.25, -0.2) is 4.98 Å². The molecule has 0 saturated heterocycles. The van der Waals surface area contributed by atoms with Crippen LogP contribution < -0.4 is 5.73 Å². The van der Waals surface area contributed by atoms with Gasteiger partial charge >= 0.3 is 0 Å². The number of carbonyl (C=O) groups excluding carboxylic acids is 1. The molecule has 4 nitrogen and oxygen atoms in total. The second-order valence-corrected chi connectivity index (χ2v) is 4.49. The molecule has 19 heavy (non-hydrogen) atoms. The lowest BCUT2D eigenvalue weighted by Crippen LogP contribution is -2.14. The van der Waals surface area contributed by atoms with Crippen LogP contribution in [0.2, 0.25) is 0 Å². The van der Waals surface area contributed by atoms with Crippen LogP contribution in [0.25, 0.3) is 16.7 Å². The molecule has 0 aliphatic heterocycles. The quantitative estimate of drug-likeness (QED) is 0.760. The summed E-state index contributed by atoms with van der Waals surface area (Å²) in [5, 5.41) is 0. The maximum Gasteiger partial charge on any atom is 0.250 e. The summed E-state index contributed by atoms with van der Waals surface area (Å²) in [6.07, 6.45) is 1.71. The Bertz CT molecular complexity index is 774. The number of nitrogens with zero attached hydrogens (tertiary/aromatic N) is 2. The van der Waals surface area contributed by atoms with Crippen LogP contribution in [0.5, 0.6) is 0 Å². The number of aromatic nitrogens is 2. The van der Waals surface area contributed by atoms with Crippen molar-refractivity contribution in [3.05, 3.63) is 59.9 Å². The lowest BCUT2D eigenvalue weighted by atomic mass is 10.1. The summed E-state index contributed by atoms with van der Waals surface area (Å²) in [4.78, 5) is 15.9. The van der Waals surface area contributed by atoms with Gasteiger partial charge in [-0.05, 0) is 36.8 Å². The Hall–Kier alpha value is -2.62. The molecule has 0 aliphatic rings. The molecule has 2 aromatic carbocycles. The van der Waals surface area contributed by atoms with Crippen molar-refractivity contribution < 1.29 is 4.79 Å². The van der Waals surface area contributed by atoms with Crippen LogP contribution in [0.4, 0.5) is 0 Å². The van der Waals surface area contributed by atoms with Crippen LogP contribution >= 0.6 is 0 Å². The van der Waals surface area contributed by atoms with Gasteiger partial charge in [0.15, 0.2) is 0 Å². The first-order chi connectivity index (χ1) is 9.16. The van der Waals surface area contributed by atoms with Gasteiger partial charge < -0.3 is 5.73 Å². The molecule has 3 aromatic rings. The molecule has 0 aliphatic carbocycles. The summed E-state index contributed by atoms with van der Waals surface area (Å²) in [5.74, 6) is -0.440. The summed E-state index contributed by atoms with van der Waals surface area (Å²) in [6, 6.07) is 13.3. The third-order valence-electron chi connectivity index (χ3n) is 3.13. The first-order valence-corrected chi connectivity index (χ1v) is 6.00. The van der Waals surface area contributed by atoms with E-state index in [9.17, 15) is 4.79 Å². The highest BCUT2D eigenvalue weighted by Gasteiger charge is 2.11. The molecule has 1 amide bonds. The van der Waals surface area contributed by atoms with Crippen molar-refractivity contribution in [1.29, 1.82) is 0 Å². The number of imidazole rings is 1. The second-order valence-electron chi connectivity index (χ2n) is 4.49. The lowest BCUT2D eigenvalue weighted by molar-refractivity contribution is 0.100. The molecule has 0 saturated carbocycles. The maximum absolute atomic E-state index is 11.5. The minimum Gasteiger partial charge on any atom is -0.366 e. The van der Waals surface area contributed by atoms with Crippen molar-refractivity contribution in [1.82, 2.24) is 9.55 Å². The lowest BCUT2D eigenvalue weighted by Gasteiger charge is -2.08. The average molecular weight is 251 g/mol. The number of aryl methyl sites for hydroxylation is 1. The van der Waals surface area contributed by atoms with Crippen LogP contribution in [0.3, 0.4) is 0 Å². The van der Waals surface area contributed by atoms with Crippen molar-refractivity contribution >= 4 is 16.9 Å². The summed E-state index contributed by atoms with van der Waals surface area (Å²) in [5.41, 5.74) is 9.67. The van der Waals surface area contributed by atoms with Crippen molar-refractivity contribution in [2.75, 3.05) is 0 Å². The standard InChI is InChI=1S/C15H13N3O/c1-10-6-7-12-14(8-10)18(9-17-12)13-5-3-2-4-11(13)15(16)19/h2-9H,1H3,(H2,16,19). The van der Waals surface area contributed by atoms with Gasteiger partial charge in [0.1, 0.15) is 6.33 Å². The number of para-hydroxylation sites is 1. The topological polar surface area (TPSA) is 60.9 Å². The van der Waals surface area contributed by atoms with Crippen molar-refractivity contribution in [2.24, 2.45) is 5.73 Å². The number of carbonyl (C=O) groups is 1. The maximum atomic E-state index is 11.5. The van der Waals surface area contributed by atoms with E-state index in [-0.39, 0.29) is 0 Å². The van der Waals surface area contributed by atoms with Gasteiger partial charge in [0, 0.05) is 0 Å². The zero-order valence-corrected chi connectivity index (χ0v) is 10.5. The first kappa shape index (κ1) is 11.5. The van der Waals surface area contributed by atoms with E-state index >= 15 is 0 Å². The van der Waals surface area contributed by atoms with Crippen molar-refractivity contribution in [2.45, 2.75) is 6.92 Å². The SMILES string of the molecule is Cc1ccc2ncn(-c3ccccc3C(N)=O)c2c1. The monoisotopic (exact) mass is 251 g/mol. The highest BCUT2D eigenvalue weighted by molar-refractivity contribution is 5.97. The zero-order chi connectivity index (χ0) is 13.4. The smallest absolute Gasteiger partial charge is 0.250 e. The molecule has 0 fully saturated rings. The molecule has 0 radical (unpaired) electrons. The molecule has 0 bridgehead atoms. The third-order valence-corrected chi connectivity index (χ3v) is 3.13. The van der Waals surface area contributed by atoms with E-state index in [0.29, 0.717) is 5.56 Å². The van der Waals surface area contributed by atoms with E-state index in [1.165, 1.54) is 0 Å². The molecule has 1 heterocycles. The van der Waals surface area contributed by atoms with E-state index in [1.807, 2.05) is 41.8 Å². The zero-order valence-electron chi connectivity index (χ0n) is 10.5. The molecular formula is C15H13N3O. The van der Waals surface area contributed by atoms with Crippen molar-refractivity contribution in [3.63, 3.8) is 0 Å². The predicted molar refractivity (Wildman–Crippen MR) is 74.3 cm³/mol. The summed E-state index contributed by atoms with van der Waals surface area (Å²) >= 11 is 0. The number of hydrogen-bond donors (Lipinski definition) is 1. The fraction of sp³-hybridized carbons (Fsp3) is 0.0667. The van der Waals surface area contributed by atoms with Gasteiger partial charge in [-0.2, -0.15) is 0 Å². The van der Waals surface area contributed by atoms with E-state index in [4.69, 9.17) is 5.73 Å². The molecule has 4 heteroatoms. The predicted octanol–water partition coefficient (Wildman–Crippen LogP) is 2.43. The van der Waals surface area contributed by atoms with E-state index in [1.54, 1.807) is 18.5 Å². The molecule has 0 spiro atoms. The minimum absolute atomic E-state index is 0.440. The molecule has 3 rings (SSSR count). The number of hydrogen-bond acceptors (Lipinski definition) is 2. The molecular weight excluding hydrogens is 238 g/mol. The van der Waals surface area contributed by atoms with E-state index in [0.717, 1.165) is 22.3 Å². The van der Waals surface area contributed by atoms with Gasteiger partial charge in [-0.3, -0.25) is 9.36 Å². The third kappa shape index (κ3) is 1.87. The van der Waals surface area contributed by atoms with Crippen molar-refractivity contribution in [3.8, 4) is 5.69 Å². The van der Waals surface area contributed by atoms with Gasteiger partial charge in [0.25, 0.3) is 5.91 Å². The summed E-state index contributed by atoms with van der Waals surface area (Å²) in [7, 11) is 0. The Labute approximate surface area is 110 Å². The Morgan fingerprint density at radius 2 is 2.00 bits per heavy atom. The molecule has 0 atom stereocenters. The molecule has 1 aromatic heterocycles. The molecule has 94 valence electrons. The van der Waals surface area contributed by atoms with Gasteiger partial charge in [0.2, 0.25) is 0 Å². The highest BCUT2D eigenvalue weighted by Crippen LogP contribution is 2.21. The Morgan fingerprint density at radius 3 is 2.79 bits per heavy atom. The van der Waals surface area contributed by atoms with Crippen LogP contribution in [-0.4, -0.2) is 15.5 Å². The minimum atomic E-state index is -0.440. The van der Waals surface area contributed by atoms with Crippen LogP contribution in [-0.2, 0) is 0 Å². The number of benzene rings is 2. The van der Waals surface area contributed by atoms with Gasteiger partial charge in [0.05, 0.1) is 22.3 Å². The summed E-state index contributed by atoms with van der Waals surface area (Å²) < 4.78 is 1.89. The highest BCUT2D eigenvalue weighted by atomic mass is 16.1. The van der Waals surface area contributed by atoms with E-state index in [2.05, 4.69) is 4.98 Å². The normalized spacial score (nSPS) is 10.8. The Balaban J connectivity index is 2.31. The average Bonchev–Trinajstić information content (AvgIpc) is 2.81. The van der Waals surface area contributed by atoms with Gasteiger partial charge in [-0.15, -0.1) is 0 Å². The number of amides is 1. The van der Waals surface area contributed by atoms with Gasteiger partial charge in [-0.1, -0.05) is 18.2 Å². The number of primary amides is 1. The molecule has 2 N–H and O–H groups in total. The fourth-order valence-corrected chi connectivity index (χ4v) is 2.20. The largest absolute Gasteiger partial charge is 0.366 e. The van der Waals surface area contributed by atoms with Crippen LogP contribution in [0.1, 0.15) is 15.9 Å². The van der Waals surface area contributed by atoms with E-state index < -0.39 is 5.91 Å². The number of rotatable bonds is 2. The summed E-state index contributed by atoms with van der Waals surface area (Å²) in [6.45, 7) is 2.02. The fourth-order valence-electron chi connectivity index (χ4n) is 2.20. The second kappa shape index (κ2) is 4.24. The first-order valence-electron chi connectivity index (χ1n) is 6.00. The van der Waals surface area contributed by atoms with Crippen LogP contribution in [0.15, 0.2) is 48.8 Å². The number of nitrogens with two attached hydrogens (primary N) is 1. The van der Waals surface area contributed by atoms with Crippen LogP contribution in [0, 0.1) is 6.92 Å². The number of fused-ring (bicyclic) bond motifs is 1. The molecule has 0 unspecified atom stereocenters. The Kier molecular flexibility index (Phi) is 2.56. The Morgan fingerprint density at radius 1 is 1.21 bits per heavy atom.